The predicted octanol–water partition coefficient (Wildman–Crippen LogP) is 2.71. The van der Waals surface area contributed by atoms with E-state index >= 15 is 0 Å². The summed E-state index contributed by atoms with van der Waals surface area (Å²) in [6, 6.07) is -0.161. The predicted molar refractivity (Wildman–Crippen MR) is 62.1 cm³/mol. The van der Waals surface area contributed by atoms with Gasteiger partial charge in [-0.25, -0.2) is 13.2 Å². The molecule has 2 rings (SSSR count). The molecule has 0 aromatic heterocycles. The molecule has 1 aromatic rings. The largest absolute Gasteiger partial charge is 0.480 e. The summed E-state index contributed by atoms with van der Waals surface area (Å²) >= 11 is 0. The molecule has 0 aliphatic carbocycles. The molecular formula is C13H14F3NO2. The SMILES string of the molecule is CCN1[C@@H](C(=O)O)CC[C@H]1c1c(F)cc(F)cc1F. The first-order valence-corrected chi connectivity index (χ1v) is 6.08. The smallest absolute Gasteiger partial charge is 0.320 e. The summed E-state index contributed by atoms with van der Waals surface area (Å²) in [4.78, 5) is 12.6. The Hall–Kier alpha value is -1.56. The minimum Gasteiger partial charge on any atom is -0.480 e. The van der Waals surface area contributed by atoms with Gasteiger partial charge in [0.2, 0.25) is 0 Å². The number of benzene rings is 1. The van der Waals surface area contributed by atoms with Crippen molar-refractivity contribution in [2.24, 2.45) is 0 Å². The second-order valence-electron chi connectivity index (χ2n) is 4.56. The lowest BCUT2D eigenvalue weighted by Gasteiger charge is -2.27. The Morgan fingerprint density at radius 2 is 1.89 bits per heavy atom. The molecule has 1 fully saturated rings. The Balaban J connectivity index is 2.40. The molecule has 0 amide bonds. The van der Waals surface area contributed by atoms with Gasteiger partial charge < -0.3 is 5.11 Å². The molecule has 0 unspecified atom stereocenters. The average molecular weight is 273 g/mol. The first kappa shape index (κ1) is 13.9. The third-order valence-corrected chi connectivity index (χ3v) is 3.54. The lowest BCUT2D eigenvalue weighted by atomic mass is 10.0. The Bertz CT molecular complexity index is 484. The van der Waals surface area contributed by atoms with Gasteiger partial charge in [-0.05, 0) is 19.4 Å². The van der Waals surface area contributed by atoms with Gasteiger partial charge in [0.1, 0.15) is 23.5 Å². The molecular weight excluding hydrogens is 259 g/mol. The Morgan fingerprint density at radius 3 is 2.37 bits per heavy atom. The standard InChI is InChI=1S/C13H14F3NO2/c1-2-17-10(3-4-11(17)13(18)19)12-8(15)5-7(14)6-9(12)16/h5-6,10-11H,2-4H2,1H3,(H,18,19)/t10-,11+/m0/s1. The highest BCUT2D eigenvalue weighted by molar-refractivity contribution is 5.74. The first-order valence-electron chi connectivity index (χ1n) is 6.08. The van der Waals surface area contributed by atoms with Crippen LogP contribution in [0.5, 0.6) is 0 Å². The summed E-state index contributed by atoms with van der Waals surface area (Å²) in [5.41, 5.74) is -0.244. The Kier molecular flexibility index (Phi) is 3.80. The number of likely N-dealkylation sites (tertiary alicyclic amines) is 1. The van der Waals surface area contributed by atoms with E-state index in [0.29, 0.717) is 31.5 Å². The van der Waals surface area contributed by atoms with Crippen molar-refractivity contribution in [1.29, 1.82) is 0 Å². The van der Waals surface area contributed by atoms with Gasteiger partial charge in [-0.1, -0.05) is 6.92 Å². The quantitative estimate of drug-likeness (QED) is 0.920. The number of carboxylic acids is 1. The molecule has 104 valence electrons. The summed E-state index contributed by atoms with van der Waals surface area (Å²) in [7, 11) is 0. The summed E-state index contributed by atoms with van der Waals surface area (Å²) in [6.45, 7) is 2.09. The zero-order valence-electron chi connectivity index (χ0n) is 10.4. The molecule has 1 N–H and O–H groups in total. The van der Waals surface area contributed by atoms with Crippen molar-refractivity contribution in [2.75, 3.05) is 6.54 Å². The fourth-order valence-electron chi connectivity index (χ4n) is 2.75. The monoisotopic (exact) mass is 273 g/mol. The zero-order chi connectivity index (χ0) is 14.2. The van der Waals surface area contributed by atoms with Crippen LogP contribution in [0.2, 0.25) is 0 Å². The molecule has 2 atom stereocenters. The lowest BCUT2D eigenvalue weighted by molar-refractivity contribution is -0.142. The number of hydrogen-bond donors (Lipinski definition) is 1. The number of rotatable bonds is 3. The second-order valence-corrected chi connectivity index (χ2v) is 4.56. The lowest BCUT2D eigenvalue weighted by Crippen LogP contribution is -2.37. The maximum absolute atomic E-state index is 13.7. The van der Waals surface area contributed by atoms with Gasteiger partial charge in [-0.2, -0.15) is 0 Å². The van der Waals surface area contributed by atoms with Gasteiger partial charge >= 0.3 is 5.97 Å². The van der Waals surface area contributed by atoms with Gasteiger partial charge in [0, 0.05) is 23.7 Å². The molecule has 1 aliphatic rings. The minimum absolute atomic E-state index is 0.244. The van der Waals surface area contributed by atoms with Gasteiger partial charge in [0.05, 0.1) is 0 Å². The van der Waals surface area contributed by atoms with Crippen molar-refractivity contribution in [1.82, 2.24) is 4.90 Å². The third-order valence-electron chi connectivity index (χ3n) is 3.54. The van der Waals surface area contributed by atoms with E-state index in [1.165, 1.54) is 4.90 Å². The molecule has 1 aliphatic heterocycles. The number of carbonyl (C=O) groups is 1. The van der Waals surface area contributed by atoms with Crippen molar-refractivity contribution >= 4 is 5.97 Å². The van der Waals surface area contributed by atoms with Crippen LogP contribution in [0, 0.1) is 17.5 Å². The molecule has 1 heterocycles. The highest BCUT2D eigenvalue weighted by Gasteiger charge is 2.39. The van der Waals surface area contributed by atoms with Crippen molar-refractivity contribution in [3.63, 3.8) is 0 Å². The van der Waals surface area contributed by atoms with E-state index in [9.17, 15) is 18.0 Å². The van der Waals surface area contributed by atoms with Crippen molar-refractivity contribution in [3.8, 4) is 0 Å². The number of halogens is 3. The number of likely N-dealkylation sites (N-methyl/N-ethyl adjacent to an activating group) is 1. The summed E-state index contributed by atoms with van der Waals surface area (Å²) in [5.74, 6) is -3.92. The highest BCUT2D eigenvalue weighted by atomic mass is 19.1. The molecule has 0 saturated carbocycles. The first-order chi connectivity index (χ1) is 8.95. The van der Waals surface area contributed by atoms with E-state index in [1.54, 1.807) is 6.92 Å². The van der Waals surface area contributed by atoms with Gasteiger partial charge in [0.15, 0.2) is 0 Å². The van der Waals surface area contributed by atoms with Crippen LogP contribution in [-0.4, -0.2) is 28.6 Å². The van der Waals surface area contributed by atoms with E-state index in [4.69, 9.17) is 5.11 Å². The van der Waals surface area contributed by atoms with Crippen LogP contribution in [0.4, 0.5) is 13.2 Å². The second kappa shape index (κ2) is 5.21. The molecule has 19 heavy (non-hydrogen) atoms. The zero-order valence-corrected chi connectivity index (χ0v) is 10.4. The van der Waals surface area contributed by atoms with Crippen molar-refractivity contribution in [2.45, 2.75) is 31.8 Å². The van der Waals surface area contributed by atoms with E-state index in [-0.39, 0.29) is 5.56 Å². The van der Waals surface area contributed by atoms with Crippen molar-refractivity contribution in [3.05, 3.63) is 35.1 Å². The molecule has 0 radical (unpaired) electrons. The van der Waals surface area contributed by atoms with Crippen LogP contribution in [-0.2, 0) is 4.79 Å². The van der Waals surface area contributed by atoms with E-state index in [2.05, 4.69) is 0 Å². The van der Waals surface area contributed by atoms with Crippen LogP contribution < -0.4 is 0 Å². The third kappa shape index (κ3) is 2.45. The number of nitrogens with zero attached hydrogens (tertiary/aromatic N) is 1. The molecule has 1 aromatic carbocycles. The molecule has 0 bridgehead atoms. The topological polar surface area (TPSA) is 40.5 Å². The van der Waals surface area contributed by atoms with Crippen LogP contribution >= 0.6 is 0 Å². The maximum Gasteiger partial charge on any atom is 0.320 e. The molecule has 0 spiro atoms. The van der Waals surface area contributed by atoms with Crippen LogP contribution in [0.25, 0.3) is 0 Å². The minimum atomic E-state index is -1.01. The van der Waals surface area contributed by atoms with E-state index in [0.717, 1.165) is 0 Å². The molecule has 1 saturated heterocycles. The maximum atomic E-state index is 13.7. The Morgan fingerprint density at radius 1 is 1.32 bits per heavy atom. The van der Waals surface area contributed by atoms with Crippen LogP contribution in [0.1, 0.15) is 31.4 Å². The Labute approximate surface area is 108 Å². The van der Waals surface area contributed by atoms with Gasteiger partial charge in [-0.3, -0.25) is 9.69 Å². The fourth-order valence-corrected chi connectivity index (χ4v) is 2.75. The summed E-state index contributed by atoms with van der Waals surface area (Å²) in [6.07, 6.45) is 0.661. The fraction of sp³-hybridized carbons (Fsp3) is 0.462. The number of hydrogen-bond acceptors (Lipinski definition) is 2. The van der Waals surface area contributed by atoms with Crippen molar-refractivity contribution < 1.29 is 23.1 Å². The van der Waals surface area contributed by atoms with E-state index in [1.807, 2.05) is 0 Å². The van der Waals surface area contributed by atoms with E-state index < -0.39 is 35.5 Å². The average Bonchev–Trinajstić information content (AvgIpc) is 2.71. The molecule has 6 heteroatoms. The van der Waals surface area contributed by atoms with Gasteiger partial charge in [-0.15, -0.1) is 0 Å². The van der Waals surface area contributed by atoms with Crippen LogP contribution in [0.3, 0.4) is 0 Å². The summed E-state index contributed by atoms with van der Waals surface area (Å²) in [5, 5.41) is 9.07. The number of aliphatic carboxylic acids is 1. The highest BCUT2D eigenvalue weighted by Crippen LogP contribution is 2.38. The normalized spacial score (nSPS) is 23.8. The number of carboxylic acid groups (broad SMARTS) is 1. The van der Waals surface area contributed by atoms with Crippen LogP contribution in [0.15, 0.2) is 12.1 Å². The van der Waals surface area contributed by atoms with Gasteiger partial charge in [0.25, 0.3) is 0 Å². The molecule has 3 nitrogen and oxygen atoms in total. The summed E-state index contributed by atoms with van der Waals surface area (Å²) < 4.78 is 40.4.